The van der Waals surface area contributed by atoms with Gasteiger partial charge < -0.3 is 9.47 Å². The average Bonchev–Trinajstić information content (AvgIpc) is 2.55. The highest BCUT2D eigenvalue weighted by molar-refractivity contribution is 5.76. The van der Waals surface area contributed by atoms with E-state index in [4.69, 9.17) is 9.47 Å². The second-order valence-corrected chi connectivity index (χ2v) is 4.53. The van der Waals surface area contributed by atoms with Crippen LogP contribution in [0.5, 0.6) is 5.75 Å². The number of nitriles is 1. The Hall–Kier alpha value is -2.87. The first-order chi connectivity index (χ1) is 10.7. The second kappa shape index (κ2) is 7.23. The van der Waals surface area contributed by atoms with Gasteiger partial charge in [-0.15, -0.1) is 0 Å². The van der Waals surface area contributed by atoms with Crippen LogP contribution in [0, 0.1) is 11.3 Å². The summed E-state index contributed by atoms with van der Waals surface area (Å²) in [6, 6.07) is 10.9. The number of pyridine rings is 1. The number of nitrogens with zero attached hydrogens (tertiary/aromatic N) is 2. The van der Waals surface area contributed by atoms with Crippen molar-refractivity contribution in [2.75, 3.05) is 13.7 Å². The molecule has 2 aromatic rings. The molecule has 1 heterocycles. The Morgan fingerprint density at radius 1 is 1.36 bits per heavy atom. The lowest BCUT2D eigenvalue weighted by Crippen LogP contribution is -2.07. The van der Waals surface area contributed by atoms with Crippen LogP contribution in [0.4, 0.5) is 0 Å². The summed E-state index contributed by atoms with van der Waals surface area (Å²) >= 11 is 0. The summed E-state index contributed by atoms with van der Waals surface area (Å²) in [5, 5.41) is 9.22. The van der Waals surface area contributed by atoms with E-state index in [1.165, 1.54) is 0 Å². The predicted octanol–water partition coefficient (Wildman–Crippen LogP) is 2.73. The van der Waals surface area contributed by atoms with Crippen molar-refractivity contribution < 1.29 is 14.3 Å². The van der Waals surface area contributed by atoms with Gasteiger partial charge in [-0.05, 0) is 36.8 Å². The Kier molecular flexibility index (Phi) is 5.10. The van der Waals surface area contributed by atoms with Gasteiger partial charge in [0.25, 0.3) is 0 Å². The lowest BCUT2D eigenvalue weighted by atomic mass is 10.0. The molecule has 2 rings (SSSR count). The van der Waals surface area contributed by atoms with Gasteiger partial charge in [0.15, 0.2) is 0 Å². The van der Waals surface area contributed by atoms with E-state index in [0.717, 1.165) is 5.56 Å². The molecular weight excluding hydrogens is 280 g/mol. The van der Waals surface area contributed by atoms with Gasteiger partial charge in [-0.25, -0.2) is 0 Å². The number of hydrogen-bond donors (Lipinski definition) is 0. The number of methoxy groups -OCH3 is 1. The highest BCUT2D eigenvalue weighted by atomic mass is 16.5. The van der Waals surface area contributed by atoms with Gasteiger partial charge in [-0.1, -0.05) is 6.07 Å². The number of hydrogen-bond acceptors (Lipinski definition) is 5. The maximum absolute atomic E-state index is 11.6. The summed E-state index contributed by atoms with van der Waals surface area (Å²) in [6.45, 7) is 2.12. The Labute approximate surface area is 129 Å². The summed E-state index contributed by atoms with van der Waals surface area (Å²) in [5.74, 6) is 0.308. The molecule has 0 aliphatic carbocycles. The number of aromatic nitrogens is 1. The van der Waals surface area contributed by atoms with Gasteiger partial charge in [0, 0.05) is 11.8 Å². The lowest BCUT2D eigenvalue weighted by Gasteiger charge is -2.11. The topological polar surface area (TPSA) is 72.2 Å². The first kappa shape index (κ1) is 15.5. The maximum Gasteiger partial charge on any atom is 0.310 e. The van der Waals surface area contributed by atoms with Crippen molar-refractivity contribution in [3.8, 4) is 23.1 Å². The summed E-state index contributed by atoms with van der Waals surface area (Å²) in [7, 11) is 1.55. The Balaban J connectivity index is 2.45. The molecule has 0 amide bonds. The number of benzene rings is 1. The van der Waals surface area contributed by atoms with Crippen molar-refractivity contribution in [2.45, 2.75) is 13.3 Å². The largest absolute Gasteiger partial charge is 0.496 e. The van der Waals surface area contributed by atoms with E-state index in [2.05, 4.69) is 11.1 Å². The number of rotatable bonds is 5. The van der Waals surface area contributed by atoms with Crippen LogP contribution in [-0.2, 0) is 16.0 Å². The summed E-state index contributed by atoms with van der Waals surface area (Å²) < 4.78 is 10.3. The van der Waals surface area contributed by atoms with Crippen LogP contribution in [0.1, 0.15) is 18.1 Å². The molecule has 5 heteroatoms. The quantitative estimate of drug-likeness (QED) is 0.793. The van der Waals surface area contributed by atoms with Crippen LogP contribution in [0.15, 0.2) is 36.5 Å². The minimum absolute atomic E-state index is 0.166. The normalized spacial score (nSPS) is 9.86. The fourth-order valence-corrected chi connectivity index (χ4v) is 2.14. The average molecular weight is 296 g/mol. The molecule has 0 bridgehead atoms. The zero-order chi connectivity index (χ0) is 15.9. The van der Waals surface area contributed by atoms with Gasteiger partial charge in [0.2, 0.25) is 0 Å². The first-order valence-corrected chi connectivity index (χ1v) is 6.87. The molecule has 0 aliphatic rings. The standard InChI is InChI=1S/C17H16N2O3/c1-3-22-16(20)10-12-6-7-15(21-2)14(9-12)17-13(11-18)5-4-8-19-17/h4-9H,3,10H2,1-2H3. The van der Waals surface area contributed by atoms with Crippen molar-refractivity contribution >= 4 is 5.97 Å². The van der Waals surface area contributed by atoms with Crippen molar-refractivity contribution in [3.05, 3.63) is 47.7 Å². The molecule has 5 nitrogen and oxygen atoms in total. The molecule has 22 heavy (non-hydrogen) atoms. The maximum atomic E-state index is 11.6. The van der Waals surface area contributed by atoms with Gasteiger partial charge >= 0.3 is 5.97 Å². The Morgan fingerprint density at radius 2 is 2.18 bits per heavy atom. The third kappa shape index (κ3) is 3.41. The molecule has 0 atom stereocenters. The number of carbonyl (C=O) groups is 1. The molecule has 112 valence electrons. The predicted molar refractivity (Wildman–Crippen MR) is 81.3 cm³/mol. The molecule has 0 spiro atoms. The van der Waals surface area contributed by atoms with Gasteiger partial charge in [0.05, 0.1) is 31.4 Å². The smallest absolute Gasteiger partial charge is 0.310 e. The SMILES string of the molecule is CCOC(=O)Cc1ccc(OC)c(-c2ncccc2C#N)c1. The van der Waals surface area contributed by atoms with Gasteiger partial charge in [-0.3, -0.25) is 9.78 Å². The van der Waals surface area contributed by atoms with E-state index < -0.39 is 0 Å². The number of esters is 1. The number of ether oxygens (including phenoxy) is 2. The van der Waals surface area contributed by atoms with Crippen LogP contribution in [0.25, 0.3) is 11.3 Å². The Bertz CT molecular complexity index is 720. The van der Waals surface area contributed by atoms with E-state index in [0.29, 0.717) is 29.2 Å². The molecule has 1 aromatic heterocycles. The molecular formula is C17H16N2O3. The molecule has 0 saturated heterocycles. The number of carbonyl (C=O) groups excluding carboxylic acids is 1. The molecule has 0 aliphatic heterocycles. The molecule has 0 saturated carbocycles. The fraction of sp³-hybridized carbons (Fsp3) is 0.235. The van der Waals surface area contributed by atoms with E-state index in [9.17, 15) is 10.1 Å². The van der Waals surface area contributed by atoms with Crippen LogP contribution in [0.2, 0.25) is 0 Å². The van der Waals surface area contributed by atoms with Crippen molar-refractivity contribution in [1.29, 1.82) is 5.26 Å². The highest BCUT2D eigenvalue weighted by Crippen LogP contribution is 2.31. The molecule has 0 N–H and O–H groups in total. The second-order valence-electron chi connectivity index (χ2n) is 4.53. The summed E-state index contributed by atoms with van der Waals surface area (Å²) in [5.41, 5.74) is 2.45. The van der Waals surface area contributed by atoms with E-state index in [1.807, 2.05) is 0 Å². The summed E-state index contributed by atoms with van der Waals surface area (Å²) in [6.07, 6.45) is 1.78. The Morgan fingerprint density at radius 3 is 2.86 bits per heavy atom. The molecule has 0 radical (unpaired) electrons. The molecule has 1 aromatic carbocycles. The third-order valence-corrected chi connectivity index (χ3v) is 3.10. The van der Waals surface area contributed by atoms with Crippen LogP contribution < -0.4 is 4.74 Å². The minimum Gasteiger partial charge on any atom is -0.496 e. The van der Waals surface area contributed by atoms with E-state index >= 15 is 0 Å². The fourth-order valence-electron chi connectivity index (χ4n) is 2.14. The van der Waals surface area contributed by atoms with Crippen LogP contribution in [0.3, 0.4) is 0 Å². The zero-order valence-corrected chi connectivity index (χ0v) is 12.5. The molecule has 0 unspecified atom stereocenters. The van der Waals surface area contributed by atoms with E-state index in [-0.39, 0.29) is 12.4 Å². The lowest BCUT2D eigenvalue weighted by molar-refractivity contribution is -0.142. The van der Waals surface area contributed by atoms with Crippen molar-refractivity contribution in [1.82, 2.24) is 4.98 Å². The zero-order valence-electron chi connectivity index (χ0n) is 12.5. The third-order valence-electron chi connectivity index (χ3n) is 3.10. The van der Waals surface area contributed by atoms with E-state index in [1.54, 1.807) is 50.6 Å². The van der Waals surface area contributed by atoms with Crippen molar-refractivity contribution in [2.24, 2.45) is 0 Å². The van der Waals surface area contributed by atoms with Gasteiger partial charge in [-0.2, -0.15) is 5.26 Å². The van der Waals surface area contributed by atoms with Crippen LogP contribution in [-0.4, -0.2) is 24.7 Å². The first-order valence-electron chi connectivity index (χ1n) is 6.87. The monoisotopic (exact) mass is 296 g/mol. The molecule has 0 fully saturated rings. The van der Waals surface area contributed by atoms with Crippen molar-refractivity contribution in [3.63, 3.8) is 0 Å². The summed E-state index contributed by atoms with van der Waals surface area (Å²) in [4.78, 5) is 15.9. The minimum atomic E-state index is -0.292. The van der Waals surface area contributed by atoms with Crippen LogP contribution >= 0.6 is 0 Å². The van der Waals surface area contributed by atoms with Gasteiger partial charge in [0.1, 0.15) is 11.8 Å². The highest BCUT2D eigenvalue weighted by Gasteiger charge is 2.14.